The van der Waals surface area contributed by atoms with Gasteiger partial charge in [-0.05, 0) is 53.8 Å². The number of hydrogen-bond acceptors (Lipinski definition) is 3. The molecule has 1 aliphatic rings. The van der Waals surface area contributed by atoms with Crippen LogP contribution < -0.4 is 10.2 Å². The number of nitrogens with one attached hydrogen (secondary N) is 1. The minimum Gasteiger partial charge on any atom is -0.350 e. The Kier molecular flexibility index (Phi) is 5.00. The smallest absolute Gasteiger partial charge is 0.282 e. The molecule has 0 saturated carbocycles. The van der Waals surface area contributed by atoms with Crippen LogP contribution in [-0.2, 0) is 9.59 Å². The topological polar surface area (TPSA) is 49.4 Å². The van der Waals surface area contributed by atoms with Crippen LogP contribution >= 0.6 is 11.6 Å². The standard InChI is InChI=1S/C27H19ClN2O2/c1-17-6-4-9-21(16-17)29-25-24(19-12-14-20(28)15-13-19)26(31)30(27(25)32)23-11-5-8-18-7-2-3-10-22(18)23/h2-16,29H,1H3. The van der Waals surface area contributed by atoms with Crippen LogP contribution in [0, 0.1) is 6.92 Å². The van der Waals surface area contributed by atoms with Crippen molar-refractivity contribution in [2.45, 2.75) is 6.92 Å². The Morgan fingerprint density at radius 3 is 2.28 bits per heavy atom. The van der Waals surface area contributed by atoms with E-state index in [-0.39, 0.29) is 11.6 Å². The third-order valence-corrected chi connectivity index (χ3v) is 5.76. The first-order valence-corrected chi connectivity index (χ1v) is 10.6. The van der Waals surface area contributed by atoms with E-state index in [0.29, 0.717) is 21.8 Å². The van der Waals surface area contributed by atoms with Crippen molar-refractivity contribution in [2.24, 2.45) is 0 Å². The number of aryl methyl sites for hydroxylation is 1. The zero-order valence-corrected chi connectivity index (χ0v) is 18.1. The Hall–Kier alpha value is -3.89. The Morgan fingerprint density at radius 1 is 0.781 bits per heavy atom. The molecular weight excluding hydrogens is 420 g/mol. The van der Waals surface area contributed by atoms with Gasteiger partial charge in [0.15, 0.2) is 0 Å². The van der Waals surface area contributed by atoms with Crippen molar-refractivity contribution >= 4 is 51.1 Å². The lowest BCUT2D eigenvalue weighted by molar-refractivity contribution is -0.120. The molecule has 4 nitrogen and oxygen atoms in total. The van der Waals surface area contributed by atoms with Crippen molar-refractivity contribution in [2.75, 3.05) is 10.2 Å². The van der Waals surface area contributed by atoms with Gasteiger partial charge in [-0.15, -0.1) is 0 Å². The van der Waals surface area contributed by atoms with Crippen molar-refractivity contribution in [3.63, 3.8) is 0 Å². The van der Waals surface area contributed by atoms with Gasteiger partial charge in [0.2, 0.25) is 0 Å². The van der Waals surface area contributed by atoms with Crippen LogP contribution in [0.3, 0.4) is 0 Å². The Labute approximate surface area is 190 Å². The lowest BCUT2D eigenvalue weighted by atomic mass is 10.0. The third-order valence-electron chi connectivity index (χ3n) is 5.51. The van der Waals surface area contributed by atoms with Gasteiger partial charge >= 0.3 is 0 Å². The monoisotopic (exact) mass is 438 g/mol. The predicted molar refractivity (Wildman–Crippen MR) is 130 cm³/mol. The van der Waals surface area contributed by atoms with Crippen LogP contribution in [0.4, 0.5) is 11.4 Å². The molecule has 1 N–H and O–H groups in total. The van der Waals surface area contributed by atoms with E-state index in [1.54, 1.807) is 30.3 Å². The lowest BCUT2D eigenvalue weighted by Gasteiger charge is -2.18. The van der Waals surface area contributed by atoms with Crippen molar-refractivity contribution < 1.29 is 9.59 Å². The molecule has 0 atom stereocenters. The number of fused-ring (bicyclic) bond motifs is 1. The summed E-state index contributed by atoms with van der Waals surface area (Å²) in [5.74, 6) is -0.762. The zero-order chi connectivity index (χ0) is 22.2. The highest BCUT2D eigenvalue weighted by Gasteiger charge is 2.40. The van der Waals surface area contributed by atoms with Gasteiger partial charge in [-0.3, -0.25) is 9.59 Å². The van der Waals surface area contributed by atoms with Gasteiger partial charge < -0.3 is 5.32 Å². The van der Waals surface area contributed by atoms with E-state index in [2.05, 4.69) is 5.32 Å². The van der Waals surface area contributed by atoms with Gasteiger partial charge in [0.25, 0.3) is 11.8 Å². The van der Waals surface area contributed by atoms with Crippen molar-refractivity contribution in [3.8, 4) is 0 Å². The number of carbonyl (C=O) groups is 2. The first-order chi connectivity index (χ1) is 15.5. The molecule has 0 spiro atoms. The van der Waals surface area contributed by atoms with Crippen LogP contribution in [0.2, 0.25) is 5.02 Å². The summed E-state index contributed by atoms with van der Waals surface area (Å²) >= 11 is 6.06. The molecule has 0 radical (unpaired) electrons. The Bertz CT molecular complexity index is 1400. The summed E-state index contributed by atoms with van der Waals surface area (Å²) in [6.45, 7) is 1.98. The fourth-order valence-electron chi connectivity index (χ4n) is 4.02. The number of amides is 2. The van der Waals surface area contributed by atoms with Crippen LogP contribution in [0.15, 0.2) is 96.7 Å². The fraction of sp³-hybridized carbons (Fsp3) is 0.0370. The molecule has 32 heavy (non-hydrogen) atoms. The maximum absolute atomic E-state index is 13.7. The number of nitrogens with zero attached hydrogens (tertiary/aromatic N) is 1. The maximum Gasteiger partial charge on any atom is 0.282 e. The molecule has 2 amide bonds. The van der Waals surface area contributed by atoms with Gasteiger partial charge in [-0.2, -0.15) is 0 Å². The lowest BCUT2D eigenvalue weighted by Crippen LogP contribution is -2.32. The molecule has 0 bridgehead atoms. The van der Waals surface area contributed by atoms with Crippen molar-refractivity contribution in [1.82, 2.24) is 0 Å². The second kappa shape index (κ2) is 7.98. The second-order valence-corrected chi connectivity index (χ2v) is 8.13. The number of rotatable bonds is 4. The van der Waals surface area contributed by atoms with E-state index >= 15 is 0 Å². The van der Waals surface area contributed by atoms with Gasteiger partial charge in [-0.1, -0.05) is 72.3 Å². The molecule has 5 rings (SSSR count). The second-order valence-electron chi connectivity index (χ2n) is 7.70. The largest absolute Gasteiger partial charge is 0.350 e. The molecule has 0 aliphatic carbocycles. The average molecular weight is 439 g/mol. The highest BCUT2D eigenvalue weighted by Crippen LogP contribution is 2.37. The summed E-state index contributed by atoms with van der Waals surface area (Å²) in [5, 5.41) is 5.56. The van der Waals surface area contributed by atoms with Gasteiger partial charge in [0.05, 0.1) is 11.3 Å². The molecule has 1 heterocycles. The number of imide groups is 1. The summed E-state index contributed by atoms with van der Waals surface area (Å²) in [4.78, 5) is 28.6. The van der Waals surface area contributed by atoms with Crippen LogP contribution in [-0.4, -0.2) is 11.8 Å². The molecule has 0 unspecified atom stereocenters. The first kappa shape index (κ1) is 20.0. The molecule has 0 aromatic heterocycles. The number of benzene rings is 4. The average Bonchev–Trinajstić information content (AvgIpc) is 3.03. The normalized spacial score (nSPS) is 13.9. The van der Waals surface area contributed by atoms with Crippen molar-refractivity contribution in [1.29, 1.82) is 0 Å². The highest BCUT2D eigenvalue weighted by atomic mass is 35.5. The van der Waals surface area contributed by atoms with Crippen LogP contribution in [0.5, 0.6) is 0 Å². The van der Waals surface area contributed by atoms with E-state index < -0.39 is 5.91 Å². The van der Waals surface area contributed by atoms with E-state index in [4.69, 9.17) is 11.6 Å². The van der Waals surface area contributed by atoms with Crippen LogP contribution in [0.1, 0.15) is 11.1 Å². The number of hydrogen-bond donors (Lipinski definition) is 1. The molecular formula is C27H19ClN2O2. The van der Waals surface area contributed by atoms with Gasteiger partial charge in [-0.25, -0.2) is 4.90 Å². The summed E-state index contributed by atoms with van der Waals surface area (Å²) < 4.78 is 0. The minimum atomic E-state index is -0.391. The molecule has 0 saturated heterocycles. The van der Waals surface area contributed by atoms with Gasteiger partial charge in [0, 0.05) is 16.1 Å². The predicted octanol–water partition coefficient (Wildman–Crippen LogP) is 6.20. The quantitative estimate of drug-likeness (QED) is 0.386. The molecule has 1 aliphatic heterocycles. The SMILES string of the molecule is Cc1cccc(NC2=C(c3ccc(Cl)cc3)C(=O)N(c3cccc4ccccc34)C2=O)c1. The minimum absolute atomic E-state index is 0.246. The molecule has 156 valence electrons. The van der Waals surface area contributed by atoms with E-state index in [0.717, 1.165) is 22.0 Å². The molecule has 5 heteroatoms. The van der Waals surface area contributed by atoms with E-state index in [9.17, 15) is 9.59 Å². The Balaban J connectivity index is 1.67. The summed E-state index contributed by atoms with van der Waals surface area (Å²) in [7, 11) is 0. The number of halogens is 1. The molecule has 0 fully saturated rings. The first-order valence-electron chi connectivity index (χ1n) is 10.2. The van der Waals surface area contributed by atoms with E-state index in [1.165, 1.54) is 4.90 Å². The summed E-state index contributed by atoms with van der Waals surface area (Å²) in [6.07, 6.45) is 0. The number of anilines is 2. The van der Waals surface area contributed by atoms with E-state index in [1.807, 2.05) is 67.6 Å². The Morgan fingerprint density at radius 2 is 1.50 bits per heavy atom. The zero-order valence-electron chi connectivity index (χ0n) is 17.3. The fourth-order valence-corrected chi connectivity index (χ4v) is 4.15. The summed E-state index contributed by atoms with van der Waals surface area (Å²) in [6, 6.07) is 28.0. The maximum atomic E-state index is 13.7. The van der Waals surface area contributed by atoms with Crippen molar-refractivity contribution in [3.05, 3.63) is 113 Å². The highest BCUT2D eigenvalue weighted by molar-refractivity contribution is 6.47. The van der Waals surface area contributed by atoms with Gasteiger partial charge in [0.1, 0.15) is 5.70 Å². The van der Waals surface area contributed by atoms with Crippen LogP contribution in [0.25, 0.3) is 16.3 Å². The molecule has 4 aromatic carbocycles. The summed E-state index contributed by atoms with van der Waals surface area (Å²) in [5.41, 5.74) is 3.55. The molecule has 4 aromatic rings. The number of carbonyl (C=O) groups excluding carboxylic acids is 2. The third kappa shape index (κ3) is 3.45.